The number of hydrogen-bond acceptors (Lipinski definition) is 14. The summed E-state index contributed by atoms with van der Waals surface area (Å²) in [6.45, 7) is 48.5. The van der Waals surface area contributed by atoms with Crippen molar-refractivity contribution in [3.63, 3.8) is 0 Å². The quantitative estimate of drug-likeness (QED) is 0.0953. The first-order chi connectivity index (χ1) is 52.3. The molecular weight excluding hydrogens is 1350 g/mol. The molecule has 0 aliphatic heterocycles. The second-order valence-electron chi connectivity index (χ2n) is 34.6. The van der Waals surface area contributed by atoms with E-state index in [-0.39, 0.29) is 62.4 Å². The second kappa shape index (κ2) is 28.2. The summed E-state index contributed by atoms with van der Waals surface area (Å²) in [7, 11) is 1.25. The van der Waals surface area contributed by atoms with E-state index in [4.69, 9.17) is 58.9 Å². The minimum absolute atomic E-state index is 0.0349. The van der Waals surface area contributed by atoms with Gasteiger partial charge in [-0.15, -0.1) is 0 Å². The molecule has 5 heterocycles. The van der Waals surface area contributed by atoms with Gasteiger partial charge in [0.15, 0.2) is 11.6 Å². The fourth-order valence-corrected chi connectivity index (χ4v) is 21.6. The van der Waals surface area contributed by atoms with Crippen LogP contribution in [0, 0.1) is 80.8 Å². The largest absolute Gasteiger partial charge is 0.523 e. The van der Waals surface area contributed by atoms with Crippen LogP contribution >= 0.6 is 0 Å². The van der Waals surface area contributed by atoms with E-state index in [1.165, 1.54) is 40.9 Å². The zero-order valence-electron chi connectivity index (χ0n) is 67.4. The third-order valence-electron chi connectivity index (χ3n) is 26.4. The molecule has 1 saturated carbocycles. The lowest BCUT2D eigenvalue weighted by atomic mass is 9.50. The summed E-state index contributed by atoms with van der Waals surface area (Å²) in [5.41, 5.74) is 17.6. The number of carbonyl (C=O) groups is 2. The van der Waals surface area contributed by atoms with Gasteiger partial charge in [0.1, 0.15) is 34.8 Å². The van der Waals surface area contributed by atoms with E-state index in [0.717, 1.165) is 155 Å². The number of aliphatic hydroxyl groups excluding tert-OH is 2. The Morgan fingerprint density at radius 2 is 0.807 bits per heavy atom. The van der Waals surface area contributed by atoms with Gasteiger partial charge in [0, 0.05) is 100 Å². The van der Waals surface area contributed by atoms with Crippen molar-refractivity contribution in [3.05, 3.63) is 265 Å². The number of hydrogen-bond donors (Lipinski definition) is 2. The van der Waals surface area contributed by atoms with E-state index in [1.54, 1.807) is 0 Å². The van der Waals surface area contributed by atoms with Crippen molar-refractivity contribution in [2.24, 2.45) is 39.9 Å². The van der Waals surface area contributed by atoms with E-state index in [0.29, 0.717) is 30.0 Å². The van der Waals surface area contributed by atoms with Crippen molar-refractivity contribution in [2.75, 3.05) is 0 Å². The van der Waals surface area contributed by atoms with Gasteiger partial charge in [-0.3, -0.25) is 4.79 Å². The standard InChI is InChI=1S/2C23H25N3O.C23H23N3O.C23H26N2O2.CH4/c1-14-25-19(15-8-6-5-7-9-15)17-10-11-18-22(2,3)21-16(13-24-27-21)12-23(18,4)20(17)26-14;2*1-14-25-19(15-9-7-6-8-10-15)16-11-12-18-22(2,3)21(27)17(24-5)13-23(18,4)20(16)26-14;1-14-24-19(15-8-6-5-7-9-15)17-10-11-18-22(2,3)21(27)16(13-26)12-23(18,4)20(17)25-14;/h5-9,13,18H,10-12H2,1-4H3;6-10,18,27H,11-13H2,1-4H3;6-10,13,18H,11-12H2,1-4H3;5-9,13,18,26H,10-12H2,1-4H3;1H4/b;;;16-13-;/t4*18-,23-;/m0000./s1/i;;;;1T. The summed E-state index contributed by atoms with van der Waals surface area (Å²) in [5, 5.41) is 24.6. The molecule has 1 fully saturated rings. The first-order valence-corrected chi connectivity index (χ1v) is 38.3. The highest BCUT2D eigenvalue weighted by molar-refractivity contribution is 6.03. The Bertz CT molecular complexity index is 5280. The molecule has 109 heavy (non-hydrogen) atoms. The third kappa shape index (κ3) is 12.6. The number of aryl methyl sites for hydroxylation is 4. The van der Waals surface area contributed by atoms with Crippen LogP contribution < -0.4 is 0 Å². The topological polar surface area (TPSA) is 212 Å². The zero-order chi connectivity index (χ0) is 79.0. The van der Waals surface area contributed by atoms with Gasteiger partial charge >= 0.3 is 0 Å². The number of ketones is 2. The molecular formula is C93H103N11O5. The number of carbonyl (C=O) groups excluding carboxylic acids is 2. The Labute approximate surface area is 644 Å². The molecule has 0 radical (unpaired) electrons. The number of benzene rings is 4. The van der Waals surface area contributed by atoms with Crippen LogP contribution in [0.2, 0.25) is 0 Å². The number of Topliss-reactive ketones (excluding diaryl/α,β-unsaturated/α-hetero) is 2. The fraction of sp³-hybridized carbons (Fsp3) is 0.430. The molecule has 17 rings (SSSR count). The number of aromatic nitrogens is 9. The maximum atomic E-state index is 12.9. The number of nitrogens with zero attached hydrogens (tertiary/aromatic N) is 11. The van der Waals surface area contributed by atoms with Gasteiger partial charge in [-0.2, -0.15) is 0 Å². The Kier molecular flexibility index (Phi) is 19.5. The van der Waals surface area contributed by atoms with Crippen LogP contribution in [0.3, 0.4) is 0 Å². The molecule has 0 unspecified atom stereocenters. The van der Waals surface area contributed by atoms with Crippen LogP contribution in [0.4, 0.5) is 0 Å². The van der Waals surface area contributed by atoms with Crippen LogP contribution in [-0.4, -0.2) is 66.8 Å². The van der Waals surface area contributed by atoms with E-state index in [1.807, 2.05) is 122 Å². The molecule has 8 atom stereocenters. The monoisotopic (exact) mass is 1460 g/mol. The lowest BCUT2D eigenvalue weighted by molar-refractivity contribution is -0.131. The molecule has 8 aliphatic carbocycles. The molecule has 0 saturated heterocycles. The number of fused-ring (bicyclic) bond motifs is 13. The van der Waals surface area contributed by atoms with Crippen molar-refractivity contribution < 1.29 is 25.7 Å². The Balaban J connectivity index is 0.000000128. The number of rotatable bonds is 4. The van der Waals surface area contributed by atoms with Crippen molar-refractivity contribution in [3.8, 4) is 45.0 Å². The fourth-order valence-electron chi connectivity index (χ4n) is 21.6. The average molecular weight is 1460 g/mol. The summed E-state index contributed by atoms with van der Waals surface area (Å²) >= 11 is 0. The Morgan fingerprint density at radius 3 is 1.20 bits per heavy atom. The van der Waals surface area contributed by atoms with Gasteiger partial charge in [0.25, 0.3) is 0 Å². The van der Waals surface area contributed by atoms with E-state index < -0.39 is 21.7 Å². The van der Waals surface area contributed by atoms with Gasteiger partial charge in [-0.25, -0.2) is 49.6 Å². The van der Waals surface area contributed by atoms with Crippen molar-refractivity contribution in [1.29, 1.82) is 0 Å². The highest BCUT2D eigenvalue weighted by Gasteiger charge is 2.60. The van der Waals surface area contributed by atoms with Crippen molar-refractivity contribution >= 4 is 11.6 Å². The molecule has 16 nitrogen and oxygen atoms in total. The average Bonchev–Trinajstić information content (AvgIpc) is 0.969. The normalized spacial score (nSPS) is 26.1. The maximum absolute atomic E-state index is 12.9. The minimum Gasteiger partial charge on any atom is -0.523 e. The molecule has 2 N–H and O–H groups in total. The van der Waals surface area contributed by atoms with Crippen molar-refractivity contribution in [2.45, 2.75) is 216 Å². The molecule has 5 aromatic heterocycles. The first kappa shape index (κ1) is 75.4. The predicted molar refractivity (Wildman–Crippen MR) is 428 cm³/mol. The highest BCUT2D eigenvalue weighted by atomic mass is 16.5. The summed E-state index contributed by atoms with van der Waals surface area (Å²) in [5.74, 6) is 5.43. The van der Waals surface area contributed by atoms with Gasteiger partial charge in [-0.05, 0) is 122 Å². The molecule has 0 bridgehead atoms. The van der Waals surface area contributed by atoms with Gasteiger partial charge < -0.3 is 19.5 Å². The lowest BCUT2D eigenvalue weighted by Crippen LogP contribution is -2.53. The van der Waals surface area contributed by atoms with Crippen LogP contribution in [0.15, 0.2) is 167 Å². The van der Waals surface area contributed by atoms with Gasteiger partial charge in [-0.1, -0.05) is 223 Å². The van der Waals surface area contributed by atoms with Gasteiger partial charge in [0.05, 0.1) is 71.2 Å². The van der Waals surface area contributed by atoms with Gasteiger partial charge in [0.2, 0.25) is 11.4 Å². The molecule has 560 valence electrons. The van der Waals surface area contributed by atoms with Crippen molar-refractivity contribution in [1.82, 2.24) is 45.0 Å². The second-order valence-corrected chi connectivity index (χ2v) is 34.6. The zero-order valence-corrected chi connectivity index (χ0v) is 66.4. The summed E-state index contributed by atoms with van der Waals surface area (Å²) in [6, 6.07) is 41.2. The molecule has 4 aromatic carbocycles. The summed E-state index contributed by atoms with van der Waals surface area (Å²) in [4.78, 5) is 71.7. The lowest BCUT2D eigenvalue weighted by Gasteiger charge is -2.53. The first-order valence-electron chi connectivity index (χ1n) is 39.3. The van der Waals surface area contributed by atoms with Crippen LogP contribution in [0.5, 0.6) is 0 Å². The Morgan fingerprint density at radius 1 is 0.459 bits per heavy atom. The van der Waals surface area contributed by atoms with Crippen LogP contribution in [-0.2, 0) is 68.8 Å². The molecule has 16 heteroatoms. The highest BCUT2D eigenvalue weighted by Crippen LogP contribution is 2.62. The SMILES string of the molecule is Cc1nc(-c2ccccc2)c2c(n1)[C@@]1(C)C/C(=C/O)C(=O)C(C)(C)[C@@H]1CC2.Cc1nc(-c2ccccc2)c2c(n1)[C@@]1(C)Cc3cnoc3C(C)(C)[C@@H]1CC2.[3H]C.[C-]#[N+]C1=C(O)C(C)(C)[C@@H]2CCc3c(-c4ccccc4)nc(C)nc3[C@@]2(C)C1.[C-]#[N+]C1=C[C@]2(C)c3nc(C)nc(-c4ccccc4)c3CC[C@H]2C(C)(C)C1=O. The van der Waals surface area contributed by atoms with Crippen LogP contribution in [0.25, 0.3) is 54.7 Å². The summed E-state index contributed by atoms with van der Waals surface area (Å²) in [6.07, 6.45) is 14.3. The van der Waals surface area contributed by atoms with E-state index in [2.05, 4.69) is 137 Å². The number of allylic oxidation sites excluding steroid dienone is 5. The molecule has 0 amide bonds. The molecule has 8 aliphatic rings. The smallest absolute Gasteiger partial charge is 0.226 e. The Hall–Kier alpha value is -10.5. The maximum Gasteiger partial charge on any atom is 0.226 e. The molecule has 0 spiro atoms. The molecule has 9 aromatic rings. The summed E-state index contributed by atoms with van der Waals surface area (Å²) < 4.78 is 11.4. The predicted octanol–water partition coefficient (Wildman–Crippen LogP) is 20.2. The van der Waals surface area contributed by atoms with Crippen LogP contribution in [0.1, 0.15) is 210 Å². The van der Waals surface area contributed by atoms with E-state index >= 15 is 0 Å². The minimum atomic E-state index is -0.577. The third-order valence-corrected chi connectivity index (χ3v) is 26.4. The number of aliphatic hydroxyl groups is 2. The van der Waals surface area contributed by atoms with E-state index in [9.17, 15) is 19.8 Å².